The molecule has 2 aliphatic heterocycles. The van der Waals surface area contributed by atoms with Gasteiger partial charge in [0, 0.05) is 24.3 Å². The minimum absolute atomic E-state index is 0.131. The minimum Gasteiger partial charge on any atom is -0.465 e. The first-order valence-corrected chi connectivity index (χ1v) is 14.4. The second-order valence-electron chi connectivity index (χ2n) is 10.3. The Morgan fingerprint density at radius 2 is 1.74 bits per heavy atom. The van der Waals surface area contributed by atoms with Crippen molar-refractivity contribution < 1.29 is 19.1 Å². The molecule has 0 atom stereocenters. The van der Waals surface area contributed by atoms with E-state index in [0.29, 0.717) is 38.5 Å². The summed E-state index contributed by atoms with van der Waals surface area (Å²) in [7, 11) is 0. The molecule has 0 bridgehead atoms. The van der Waals surface area contributed by atoms with Gasteiger partial charge in [-0.25, -0.2) is 0 Å². The van der Waals surface area contributed by atoms with Crippen LogP contribution in [0.2, 0.25) is 0 Å². The average molecular weight is 535 g/mol. The summed E-state index contributed by atoms with van der Waals surface area (Å²) in [5.41, 5.74) is 4.67. The topological polar surface area (TPSA) is 83.5 Å². The molecule has 0 aromatic heterocycles. The van der Waals surface area contributed by atoms with Gasteiger partial charge in [-0.1, -0.05) is 57.2 Å². The molecule has 8 nitrogen and oxygen atoms in total. The molecule has 1 saturated heterocycles. The standard InChI is InChI=1S/C31H42N4O4/c1-2-3-4-5-6-7-18-39-30(36)24-34-15-14-26-21-27(10-11-28(26)23-34)31(37)33-29-12-8-25(9-13-29)22-32-35-16-19-38-20-17-35/h8-13,21-22H,2-7,14-20,23-24H2,1H3,(H,33,37)/b32-22+. The van der Waals surface area contributed by atoms with Crippen molar-refractivity contribution in [3.05, 3.63) is 64.7 Å². The molecular formula is C31H42N4O4. The molecular weight excluding hydrogens is 492 g/mol. The highest BCUT2D eigenvalue weighted by atomic mass is 16.5. The van der Waals surface area contributed by atoms with Crippen molar-refractivity contribution in [1.29, 1.82) is 0 Å². The first-order valence-electron chi connectivity index (χ1n) is 14.4. The molecule has 1 amide bonds. The van der Waals surface area contributed by atoms with Crippen LogP contribution in [0.1, 0.15) is 72.5 Å². The SMILES string of the molecule is CCCCCCCCOC(=O)CN1CCc2cc(C(=O)Nc3ccc(/C=N/N4CCOCC4)cc3)ccc2C1. The summed E-state index contributed by atoms with van der Waals surface area (Å²) in [4.78, 5) is 27.3. The van der Waals surface area contributed by atoms with Gasteiger partial charge >= 0.3 is 5.97 Å². The van der Waals surface area contributed by atoms with E-state index in [-0.39, 0.29) is 11.9 Å². The highest BCUT2D eigenvalue weighted by molar-refractivity contribution is 6.04. The molecule has 1 N–H and O–H groups in total. The smallest absolute Gasteiger partial charge is 0.320 e. The van der Waals surface area contributed by atoms with Gasteiger partial charge in [0.15, 0.2) is 0 Å². The predicted octanol–water partition coefficient (Wildman–Crippen LogP) is 4.87. The van der Waals surface area contributed by atoms with Gasteiger partial charge in [-0.3, -0.25) is 19.5 Å². The van der Waals surface area contributed by atoms with Crippen LogP contribution in [-0.2, 0) is 27.2 Å². The molecule has 210 valence electrons. The van der Waals surface area contributed by atoms with Crippen LogP contribution >= 0.6 is 0 Å². The lowest BCUT2D eigenvalue weighted by atomic mass is 9.97. The Bertz CT molecular complexity index is 1100. The van der Waals surface area contributed by atoms with Crippen molar-refractivity contribution in [3.8, 4) is 0 Å². The Morgan fingerprint density at radius 3 is 2.54 bits per heavy atom. The lowest BCUT2D eigenvalue weighted by Crippen LogP contribution is -2.35. The summed E-state index contributed by atoms with van der Waals surface area (Å²) in [6, 6.07) is 13.5. The van der Waals surface area contributed by atoms with Crippen LogP contribution in [-0.4, -0.2) is 74.0 Å². The summed E-state index contributed by atoms with van der Waals surface area (Å²) in [5, 5.41) is 9.48. The zero-order chi connectivity index (χ0) is 27.3. The number of esters is 1. The number of anilines is 1. The summed E-state index contributed by atoms with van der Waals surface area (Å²) in [6.07, 6.45) is 9.70. The molecule has 1 fully saturated rings. The Labute approximate surface area is 232 Å². The lowest BCUT2D eigenvalue weighted by molar-refractivity contribution is -0.145. The van der Waals surface area contributed by atoms with Crippen molar-refractivity contribution in [2.75, 3.05) is 51.3 Å². The number of hydrazone groups is 1. The normalized spacial score (nSPS) is 15.8. The molecule has 8 heteroatoms. The molecule has 0 aliphatic carbocycles. The van der Waals surface area contributed by atoms with Crippen LogP contribution in [0, 0.1) is 0 Å². The van der Waals surface area contributed by atoms with Crippen LogP contribution < -0.4 is 5.32 Å². The van der Waals surface area contributed by atoms with E-state index in [9.17, 15) is 9.59 Å². The molecule has 0 unspecified atom stereocenters. The van der Waals surface area contributed by atoms with Crippen molar-refractivity contribution >= 4 is 23.8 Å². The molecule has 0 radical (unpaired) electrons. The zero-order valence-electron chi connectivity index (χ0n) is 23.2. The number of rotatable bonds is 13. The van der Waals surface area contributed by atoms with Crippen LogP contribution in [0.5, 0.6) is 0 Å². The van der Waals surface area contributed by atoms with Crippen LogP contribution in [0.3, 0.4) is 0 Å². The average Bonchev–Trinajstić information content (AvgIpc) is 2.96. The maximum atomic E-state index is 12.9. The number of fused-ring (bicyclic) bond motifs is 1. The highest BCUT2D eigenvalue weighted by Crippen LogP contribution is 2.21. The van der Waals surface area contributed by atoms with Gasteiger partial charge in [0.1, 0.15) is 0 Å². The van der Waals surface area contributed by atoms with Gasteiger partial charge < -0.3 is 14.8 Å². The second-order valence-corrected chi connectivity index (χ2v) is 10.3. The summed E-state index contributed by atoms with van der Waals surface area (Å²) in [5.74, 6) is -0.283. The monoisotopic (exact) mass is 534 g/mol. The van der Waals surface area contributed by atoms with Crippen molar-refractivity contribution in [2.45, 2.75) is 58.4 Å². The largest absolute Gasteiger partial charge is 0.465 e. The van der Waals surface area contributed by atoms with Gasteiger partial charge in [-0.05, 0) is 53.8 Å². The number of nitrogens with zero attached hydrogens (tertiary/aromatic N) is 3. The number of amides is 1. The molecule has 2 heterocycles. The maximum Gasteiger partial charge on any atom is 0.320 e. The van der Waals surface area contributed by atoms with Crippen molar-refractivity contribution in [3.63, 3.8) is 0 Å². The first kappa shape index (κ1) is 28.8. The van der Waals surface area contributed by atoms with E-state index in [2.05, 4.69) is 22.2 Å². The summed E-state index contributed by atoms with van der Waals surface area (Å²) in [6.45, 7) is 7.51. The van der Waals surface area contributed by atoms with Crippen molar-refractivity contribution in [1.82, 2.24) is 9.91 Å². The molecule has 2 aromatic rings. The molecule has 39 heavy (non-hydrogen) atoms. The number of carbonyl (C=O) groups excluding carboxylic acids is 2. The third kappa shape index (κ3) is 9.48. The number of nitrogens with one attached hydrogen (secondary N) is 1. The van der Waals surface area contributed by atoms with E-state index in [4.69, 9.17) is 9.47 Å². The van der Waals surface area contributed by atoms with Gasteiger partial charge in [0.25, 0.3) is 5.91 Å². The van der Waals surface area contributed by atoms with E-state index in [1.165, 1.54) is 25.7 Å². The third-order valence-electron chi connectivity index (χ3n) is 7.20. The van der Waals surface area contributed by atoms with E-state index in [0.717, 1.165) is 61.3 Å². The quantitative estimate of drug-likeness (QED) is 0.224. The van der Waals surface area contributed by atoms with Gasteiger partial charge in [-0.2, -0.15) is 5.10 Å². The molecule has 0 spiro atoms. The third-order valence-corrected chi connectivity index (χ3v) is 7.20. The number of unbranched alkanes of at least 4 members (excludes halogenated alkanes) is 5. The maximum absolute atomic E-state index is 12.9. The Kier molecular flexibility index (Phi) is 11.3. The number of morpholine rings is 1. The fourth-order valence-corrected chi connectivity index (χ4v) is 4.86. The lowest BCUT2D eigenvalue weighted by Gasteiger charge is -2.28. The second kappa shape index (κ2) is 15.4. The number of hydrogen-bond acceptors (Lipinski definition) is 7. The number of ether oxygens (including phenoxy) is 2. The van der Waals surface area contributed by atoms with Gasteiger partial charge in [0.05, 0.1) is 45.7 Å². The van der Waals surface area contributed by atoms with E-state index >= 15 is 0 Å². The van der Waals surface area contributed by atoms with E-state index < -0.39 is 0 Å². The number of carbonyl (C=O) groups is 2. The van der Waals surface area contributed by atoms with E-state index in [1.807, 2.05) is 53.7 Å². The number of hydrogen-bond donors (Lipinski definition) is 1. The van der Waals surface area contributed by atoms with Crippen LogP contribution in [0.15, 0.2) is 47.6 Å². The Balaban J connectivity index is 1.20. The highest BCUT2D eigenvalue weighted by Gasteiger charge is 2.20. The minimum atomic E-state index is -0.151. The van der Waals surface area contributed by atoms with Crippen LogP contribution in [0.4, 0.5) is 5.69 Å². The molecule has 0 saturated carbocycles. The van der Waals surface area contributed by atoms with Crippen molar-refractivity contribution in [2.24, 2.45) is 5.10 Å². The fourth-order valence-electron chi connectivity index (χ4n) is 4.86. The first-order chi connectivity index (χ1) is 19.1. The fraction of sp³-hybridized carbons (Fsp3) is 0.516. The zero-order valence-corrected chi connectivity index (χ0v) is 23.2. The summed E-state index contributed by atoms with van der Waals surface area (Å²) >= 11 is 0. The van der Waals surface area contributed by atoms with E-state index in [1.54, 1.807) is 0 Å². The van der Waals surface area contributed by atoms with Gasteiger partial charge in [0.2, 0.25) is 0 Å². The summed E-state index contributed by atoms with van der Waals surface area (Å²) < 4.78 is 10.8. The predicted molar refractivity (Wildman–Crippen MR) is 154 cm³/mol. The van der Waals surface area contributed by atoms with Crippen LogP contribution in [0.25, 0.3) is 0 Å². The van der Waals surface area contributed by atoms with Gasteiger partial charge in [-0.15, -0.1) is 0 Å². The number of benzene rings is 2. The molecule has 2 aromatic carbocycles. The molecule has 4 rings (SSSR count). The Morgan fingerprint density at radius 1 is 0.974 bits per heavy atom. The Hall–Kier alpha value is -3.23. The molecule has 2 aliphatic rings.